The quantitative estimate of drug-likeness (QED) is 0.588. The largest absolute Gasteiger partial charge is 0.482 e. The van der Waals surface area contributed by atoms with Gasteiger partial charge in [0.1, 0.15) is 6.61 Å². The minimum absolute atomic E-state index is 0.778. The number of hydrogen-bond donors (Lipinski definition) is 1. The van der Waals surface area contributed by atoms with E-state index in [1.54, 1.807) is 0 Å². The molecule has 1 aliphatic heterocycles. The zero-order valence-corrected chi connectivity index (χ0v) is 6.81. The SMILES string of the molecule is C1=NCCO1.Nc1ccccc1. The van der Waals surface area contributed by atoms with Crippen LogP contribution in [0.4, 0.5) is 5.69 Å². The van der Waals surface area contributed by atoms with Crippen LogP contribution in [0.25, 0.3) is 0 Å². The van der Waals surface area contributed by atoms with E-state index in [1.807, 2.05) is 30.3 Å². The molecule has 0 atom stereocenters. The van der Waals surface area contributed by atoms with Crippen LogP contribution in [-0.2, 0) is 4.74 Å². The average molecular weight is 164 g/mol. The molecule has 0 aliphatic carbocycles. The van der Waals surface area contributed by atoms with Gasteiger partial charge in [-0.05, 0) is 12.1 Å². The molecule has 2 N–H and O–H groups in total. The van der Waals surface area contributed by atoms with Crippen molar-refractivity contribution >= 4 is 12.1 Å². The van der Waals surface area contributed by atoms with Crippen LogP contribution in [0.3, 0.4) is 0 Å². The first kappa shape index (κ1) is 8.59. The van der Waals surface area contributed by atoms with Gasteiger partial charge in [-0.2, -0.15) is 0 Å². The molecule has 0 fully saturated rings. The Morgan fingerprint density at radius 2 is 2.00 bits per heavy atom. The number of nitrogens with zero attached hydrogens (tertiary/aromatic N) is 1. The third-order valence-electron chi connectivity index (χ3n) is 1.29. The fraction of sp³-hybridized carbons (Fsp3) is 0.222. The Morgan fingerprint density at radius 3 is 2.25 bits per heavy atom. The Kier molecular flexibility index (Phi) is 3.71. The van der Waals surface area contributed by atoms with Crippen LogP contribution in [0.1, 0.15) is 0 Å². The van der Waals surface area contributed by atoms with Crippen molar-refractivity contribution in [2.24, 2.45) is 4.99 Å². The number of rotatable bonds is 0. The Labute approximate surface area is 71.9 Å². The molecule has 1 heterocycles. The predicted molar refractivity (Wildman–Crippen MR) is 50.2 cm³/mol. The minimum atomic E-state index is 0.778. The topological polar surface area (TPSA) is 47.6 Å². The van der Waals surface area contributed by atoms with Crippen LogP contribution >= 0.6 is 0 Å². The van der Waals surface area contributed by atoms with Crippen molar-refractivity contribution < 1.29 is 4.74 Å². The second kappa shape index (κ2) is 5.18. The predicted octanol–water partition coefficient (Wildman–Crippen LogP) is 1.31. The molecule has 0 saturated heterocycles. The maximum absolute atomic E-state index is 5.36. The van der Waals surface area contributed by atoms with Crippen LogP contribution in [0, 0.1) is 0 Å². The van der Waals surface area contributed by atoms with E-state index in [9.17, 15) is 0 Å². The number of anilines is 1. The Morgan fingerprint density at radius 1 is 1.25 bits per heavy atom. The lowest BCUT2D eigenvalue weighted by molar-refractivity contribution is 0.361. The van der Waals surface area contributed by atoms with E-state index in [4.69, 9.17) is 5.73 Å². The first-order valence-corrected chi connectivity index (χ1v) is 3.80. The fourth-order valence-electron chi connectivity index (χ4n) is 0.717. The summed E-state index contributed by atoms with van der Waals surface area (Å²) >= 11 is 0. The lowest BCUT2D eigenvalue weighted by Crippen LogP contribution is -1.80. The molecule has 3 nitrogen and oxygen atoms in total. The van der Waals surface area contributed by atoms with E-state index in [0.717, 1.165) is 18.8 Å². The highest BCUT2D eigenvalue weighted by atomic mass is 16.5. The maximum Gasteiger partial charge on any atom is 0.169 e. The third-order valence-corrected chi connectivity index (χ3v) is 1.29. The average Bonchev–Trinajstić information content (AvgIpc) is 2.62. The van der Waals surface area contributed by atoms with Crippen LogP contribution in [0.5, 0.6) is 0 Å². The van der Waals surface area contributed by atoms with Crippen LogP contribution < -0.4 is 5.73 Å². The Balaban J connectivity index is 0.000000127. The summed E-state index contributed by atoms with van der Waals surface area (Å²) in [5.41, 5.74) is 6.18. The summed E-state index contributed by atoms with van der Waals surface area (Å²) in [5, 5.41) is 0. The monoisotopic (exact) mass is 164 g/mol. The van der Waals surface area contributed by atoms with Gasteiger partial charge in [0.15, 0.2) is 6.40 Å². The summed E-state index contributed by atoms with van der Waals surface area (Å²) in [7, 11) is 0. The summed E-state index contributed by atoms with van der Waals surface area (Å²) in [6, 6.07) is 9.49. The summed E-state index contributed by atoms with van der Waals surface area (Å²) in [5.74, 6) is 0. The molecular formula is C9H12N2O. The van der Waals surface area contributed by atoms with Crippen LogP contribution in [0.15, 0.2) is 35.3 Å². The third kappa shape index (κ3) is 3.61. The van der Waals surface area contributed by atoms with Crippen molar-refractivity contribution in [2.45, 2.75) is 0 Å². The molecule has 0 radical (unpaired) electrons. The van der Waals surface area contributed by atoms with E-state index >= 15 is 0 Å². The van der Waals surface area contributed by atoms with Crippen molar-refractivity contribution in [2.75, 3.05) is 18.9 Å². The van der Waals surface area contributed by atoms with Gasteiger partial charge in [0.2, 0.25) is 0 Å². The highest BCUT2D eigenvalue weighted by Crippen LogP contribution is 1.95. The number of nitrogens with two attached hydrogens (primary N) is 1. The first-order chi connectivity index (χ1) is 5.89. The molecule has 0 aromatic heterocycles. The molecule has 2 rings (SSSR count). The van der Waals surface area contributed by atoms with Gasteiger partial charge in [-0.25, -0.2) is 0 Å². The lowest BCUT2D eigenvalue weighted by Gasteiger charge is -1.83. The number of aliphatic imine (C=N–C) groups is 1. The van der Waals surface area contributed by atoms with Gasteiger partial charge in [0.25, 0.3) is 0 Å². The molecule has 0 saturated carbocycles. The summed E-state index contributed by atoms with van der Waals surface area (Å²) < 4.78 is 4.65. The number of para-hydroxylation sites is 1. The normalized spacial score (nSPS) is 13.0. The van der Waals surface area contributed by atoms with Crippen molar-refractivity contribution in [1.82, 2.24) is 0 Å². The highest BCUT2D eigenvalue weighted by Gasteiger charge is 1.84. The van der Waals surface area contributed by atoms with Gasteiger partial charge < -0.3 is 10.5 Å². The van der Waals surface area contributed by atoms with Crippen molar-refractivity contribution in [3.05, 3.63) is 30.3 Å². The molecule has 1 aliphatic rings. The molecule has 1 aromatic carbocycles. The fourth-order valence-corrected chi connectivity index (χ4v) is 0.717. The van der Waals surface area contributed by atoms with Crippen LogP contribution in [-0.4, -0.2) is 19.6 Å². The van der Waals surface area contributed by atoms with E-state index in [-0.39, 0.29) is 0 Å². The second-order valence-electron chi connectivity index (χ2n) is 2.29. The van der Waals surface area contributed by atoms with Gasteiger partial charge in [-0.15, -0.1) is 0 Å². The molecule has 3 heteroatoms. The Hall–Kier alpha value is -1.51. The number of nitrogen functional groups attached to an aromatic ring is 1. The van der Waals surface area contributed by atoms with Gasteiger partial charge in [-0.1, -0.05) is 18.2 Å². The van der Waals surface area contributed by atoms with Gasteiger partial charge in [-0.3, -0.25) is 4.99 Å². The summed E-state index contributed by atoms with van der Waals surface area (Å²) in [6.07, 6.45) is 1.49. The maximum atomic E-state index is 5.36. The smallest absolute Gasteiger partial charge is 0.169 e. The zero-order valence-electron chi connectivity index (χ0n) is 6.81. The van der Waals surface area contributed by atoms with Crippen molar-refractivity contribution in [3.63, 3.8) is 0 Å². The molecule has 64 valence electrons. The lowest BCUT2D eigenvalue weighted by atomic mass is 10.3. The van der Waals surface area contributed by atoms with E-state index < -0.39 is 0 Å². The molecular weight excluding hydrogens is 152 g/mol. The minimum Gasteiger partial charge on any atom is -0.482 e. The Bertz CT molecular complexity index is 228. The molecule has 1 aromatic rings. The first-order valence-electron chi connectivity index (χ1n) is 3.80. The number of benzene rings is 1. The molecule has 0 amide bonds. The van der Waals surface area contributed by atoms with Crippen molar-refractivity contribution in [3.8, 4) is 0 Å². The van der Waals surface area contributed by atoms with Gasteiger partial charge in [0.05, 0.1) is 6.54 Å². The molecule has 0 spiro atoms. The highest BCUT2D eigenvalue weighted by molar-refractivity contribution is 5.47. The molecule has 12 heavy (non-hydrogen) atoms. The van der Waals surface area contributed by atoms with Crippen LogP contribution in [0.2, 0.25) is 0 Å². The molecule has 0 bridgehead atoms. The standard InChI is InChI=1S/C6H7N.C3H5NO/c7-6-4-2-1-3-5-6;1-2-5-3-4-1/h1-5H,7H2;3H,1-2H2. The van der Waals surface area contributed by atoms with Crippen molar-refractivity contribution in [1.29, 1.82) is 0 Å². The van der Waals surface area contributed by atoms with Gasteiger partial charge in [0, 0.05) is 5.69 Å². The summed E-state index contributed by atoms with van der Waals surface area (Å²) in [4.78, 5) is 3.74. The van der Waals surface area contributed by atoms with Gasteiger partial charge >= 0.3 is 0 Å². The number of hydrogen-bond acceptors (Lipinski definition) is 3. The van der Waals surface area contributed by atoms with E-state index in [1.165, 1.54) is 6.40 Å². The summed E-state index contributed by atoms with van der Waals surface area (Å²) in [6.45, 7) is 1.62. The number of ether oxygens (including phenoxy) is 1. The van der Waals surface area contributed by atoms with E-state index in [0.29, 0.717) is 0 Å². The zero-order chi connectivity index (χ0) is 8.65. The molecule has 0 unspecified atom stereocenters. The van der Waals surface area contributed by atoms with E-state index in [2.05, 4.69) is 9.73 Å². The second-order valence-corrected chi connectivity index (χ2v) is 2.29.